The number of hydrogen-bond donors (Lipinski definition) is 1. The molecule has 1 aliphatic heterocycles. The van der Waals surface area contributed by atoms with Crippen molar-refractivity contribution in [1.29, 1.82) is 0 Å². The van der Waals surface area contributed by atoms with Gasteiger partial charge in [0.1, 0.15) is 0 Å². The van der Waals surface area contributed by atoms with Crippen LogP contribution < -0.4 is 5.73 Å². The molecule has 2 aromatic carbocycles. The summed E-state index contributed by atoms with van der Waals surface area (Å²) < 4.78 is 38.5. The van der Waals surface area contributed by atoms with Crippen LogP contribution in [-0.2, 0) is 17.4 Å². The minimum atomic E-state index is -4.41. The lowest BCUT2D eigenvalue weighted by molar-refractivity contribution is -0.138. The van der Waals surface area contributed by atoms with Crippen molar-refractivity contribution in [1.82, 2.24) is 4.90 Å². The number of amides is 1. The van der Waals surface area contributed by atoms with Crippen LogP contribution in [0.3, 0.4) is 0 Å². The summed E-state index contributed by atoms with van der Waals surface area (Å²) in [5.41, 5.74) is 6.66. The fourth-order valence-electron chi connectivity index (χ4n) is 3.54. The number of rotatable bonds is 4. The van der Waals surface area contributed by atoms with Gasteiger partial charge in [-0.1, -0.05) is 48.5 Å². The highest BCUT2D eigenvalue weighted by atomic mass is 19.4. The number of nitrogens with two attached hydrogens (primary N) is 1. The van der Waals surface area contributed by atoms with E-state index in [0.29, 0.717) is 25.2 Å². The maximum atomic E-state index is 12.8. The van der Waals surface area contributed by atoms with Gasteiger partial charge in [0, 0.05) is 19.0 Å². The number of nitrogens with zero attached hydrogens (tertiary/aromatic N) is 1. The Kier molecular flexibility index (Phi) is 5.32. The smallest absolute Gasteiger partial charge is 0.341 e. The highest BCUT2D eigenvalue weighted by Gasteiger charge is 2.35. The third-order valence-corrected chi connectivity index (χ3v) is 4.93. The number of halogens is 3. The van der Waals surface area contributed by atoms with E-state index in [1.54, 1.807) is 11.0 Å². The molecule has 0 aromatic heterocycles. The zero-order chi connectivity index (χ0) is 18.7. The molecular formula is C20H21F3N2O. The molecule has 1 fully saturated rings. The SMILES string of the molecule is NC[C@@H]1CN(C(=O)Cc2cccc(C(F)(F)F)c2)C[C@H]1c1ccccc1. The van der Waals surface area contributed by atoms with Crippen molar-refractivity contribution < 1.29 is 18.0 Å². The Morgan fingerprint density at radius 1 is 1.08 bits per heavy atom. The van der Waals surface area contributed by atoms with Gasteiger partial charge in [-0.2, -0.15) is 13.2 Å². The van der Waals surface area contributed by atoms with Gasteiger partial charge in [0.25, 0.3) is 0 Å². The molecule has 0 bridgehead atoms. The van der Waals surface area contributed by atoms with Crippen LogP contribution in [0.15, 0.2) is 54.6 Å². The van der Waals surface area contributed by atoms with Gasteiger partial charge in [0.2, 0.25) is 5.91 Å². The molecule has 1 amide bonds. The largest absolute Gasteiger partial charge is 0.416 e. The third kappa shape index (κ3) is 4.07. The average molecular weight is 362 g/mol. The van der Waals surface area contributed by atoms with Gasteiger partial charge in [-0.25, -0.2) is 0 Å². The molecular weight excluding hydrogens is 341 g/mol. The summed E-state index contributed by atoms with van der Waals surface area (Å²) in [6, 6.07) is 14.8. The molecule has 1 aliphatic rings. The molecule has 2 aromatic rings. The van der Waals surface area contributed by atoms with E-state index in [1.165, 1.54) is 6.07 Å². The first-order chi connectivity index (χ1) is 12.4. The second-order valence-corrected chi connectivity index (χ2v) is 6.69. The Morgan fingerprint density at radius 2 is 1.81 bits per heavy atom. The Balaban J connectivity index is 1.71. The van der Waals surface area contributed by atoms with Gasteiger partial charge in [0.15, 0.2) is 0 Å². The summed E-state index contributed by atoms with van der Waals surface area (Å²) in [4.78, 5) is 14.3. The zero-order valence-corrected chi connectivity index (χ0v) is 14.2. The number of hydrogen-bond acceptors (Lipinski definition) is 2. The van der Waals surface area contributed by atoms with E-state index >= 15 is 0 Å². The Labute approximate surface area is 150 Å². The van der Waals surface area contributed by atoms with Crippen molar-refractivity contribution in [3.05, 3.63) is 71.3 Å². The number of benzene rings is 2. The molecule has 3 rings (SSSR count). The molecule has 2 atom stereocenters. The number of carbonyl (C=O) groups is 1. The van der Waals surface area contributed by atoms with Crippen molar-refractivity contribution in [2.75, 3.05) is 19.6 Å². The minimum Gasteiger partial charge on any atom is -0.341 e. The molecule has 0 radical (unpaired) electrons. The van der Waals surface area contributed by atoms with Crippen LogP contribution in [0.4, 0.5) is 13.2 Å². The first-order valence-electron chi connectivity index (χ1n) is 8.57. The summed E-state index contributed by atoms with van der Waals surface area (Å²) in [5.74, 6) is 0.149. The van der Waals surface area contributed by atoms with E-state index in [0.717, 1.165) is 17.7 Å². The number of carbonyl (C=O) groups excluding carboxylic acids is 1. The van der Waals surface area contributed by atoms with Crippen molar-refractivity contribution in [3.8, 4) is 0 Å². The molecule has 3 nitrogen and oxygen atoms in total. The predicted molar refractivity (Wildman–Crippen MR) is 93.5 cm³/mol. The van der Waals surface area contributed by atoms with Gasteiger partial charge in [0.05, 0.1) is 12.0 Å². The summed E-state index contributed by atoms with van der Waals surface area (Å²) in [6.45, 7) is 1.55. The first-order valence-corrected chi connectivity index (χ1v) is 8.57. The van der Waals surface area contributed by atoms with E-state index in [2.05, 4.69) is 0 Å². The predicted octanol–water partition coefficient (Wildman–Crippen LogP) is 3.45. The van der Waals surface area contributed by atoms with Crippen LogP contribution in [0.2, 0.25) is 0 Å². The molecule has 0 unspecified atom stereocenters. The van der Waals surface area contributed by atoms with Crippen LogP contribution in [-0.4, -0.2) is 30.4 Å². The zero-order valence-electron chi connectivity index (χ0n) is 14.2. The summed E-state index contributed by atoms with van der Waals surface area (Å²) in [6.07, 6.45) is -4.45. The number of alkyl halides is 3. The van der Waals surface area contributed by atoms with Crippen LogP contribution in [0.5, 0.6) is 0 Å². The maximum Gasteiger partial charge on any atom is 0.416 e. The summed E-state index contributed by atoms with van der Waals surface area (Å²) >= 11 is 0. The standard InChI is InChI=1S/C20H21F3N2O/c21-20(22,23)17-8-4-5-14(9-17)10-19(26)25-12-16(11-24)18(13-25)15-6-2-1-3-7-15/h1-9,16,18H,10-13,24H2/t16-,18+/m1/s1. The average Bonchev–Trinajstić information content (AvgIpc) is 3.06. The summed E-state index contributed by atoms with van der Waals surface area (Å²) in [7, 11) is 0. The van der Waals surface area contributed by atoms with E-state index in [1.807, 2.05) is 30.3 Å². The minimum absolute atomic E-state index is 0.0390. The fourth-order valence-corrected chi connectivity index (χ4v) is 3.54. The second-order valence-electron chi connectivity index (χ2n) is 6.69. The Bertz CT molecular complexity index is 761. The monoisotopic (exact) mass is 362 g/mol. The quantitative estimate of drug-likeness (QED) is 0.906. The van der Waals surface area contributed by atoms with E-state index in [4.69, 9.17) is 5.73 Å². The highest BCUT2D eigenvalue weighted by molar-refractivity contribution is 5.79. The van der Waals surface area contributed by atoms with E-state index in [9.17, 15) is 18.0 Å². The molecule has 0 saturated carbocycles. The fraction of sp³-hybridized carbons (Fsp3) is 0.350. The van der Waals surface area contributed by atoms with Gasteiger partial charge in [-0.05, 0) is 29.7 Å². The van der Waals surface area contributed by atoms with Gasteiger partial charge >= 0.3 is 6.18 Å². The van der Waals surface area contributed by atoms with Crippen molar-refractivity contribution in [3.63, 3.8) is 0 Å². The van der Waals surface area contributed by atoms with Crippen LogP contribution >= 0.6 is 0 Å². The normalized spacial score (nSPS) is 20.4. The highest BCUT2D eigenvalue weighted by Crippen LogP contribution is 2.33. The van der Waals surface area contributed by atoms with Gasteiger partial charge in [-0.15, -0.1) is 0 Å². The molecule has 138 valence electrons. The lowest BCUT2D eigenvalue weighted by Gasteiger charge is -2.17. The topological polar surface area (TPSA) is 46.3 Å². The molecule has 26 heavy (non-hydrogen) atoms. The molecule has 2 N–H and O–H groups in total. The molecule has 0 spiro atoms. The van der Waals surface area contributed by atoms with Crippen LogP contribution in [0, 0.1) is 5.92 Å². The van der Waals surface area contributed by atoms with Gasteiger partial charge < -0.3 is 10.6 Å². The maximum absolute atomic E-state index is 12.8. The van der Waals surface area contributed by atoms with Crippen LogP contribution in [0.25, 0.3) is 0 Å². The molecule has 6 heteroatoms. The lowest BCUT2D eigenvalue weighted by atomic mass is 9.89. The van der Waals surface area contributed by atoms with Crippen molar-refractivity contribution >= 4 is 5.91 Å². The van der Waals surface area contributed by atoms with Gasteiger partial charge in [-0.3, -0.25) is 4.79 Å². The molecule has 1 heterocycles. The first kappa shape index (κ1) is 18.5. The second kappa shape index (κ2) is 7.50. The third-order valence-electron chi connectivity index (χ3n) is 4.93. The van der Waals surface area contributed by atoms with E-state index in [-0.39, 0.29) is 24.2 Å². The molecule has 1 saturated heterocycles. The Morgan fingerprint density at radius 3 is 2.46 bits per heavy atom. The lowest BCUT2D eigenvalue weighted by Crippen LogP contribution is -2.31. The number of likely N-dealkylation sites (tertiary alicyclic amines) is 1. The van der Waals surface area contributed by atoms with Crippen LogP contribution in [0.1, 0.15) is 22.6 Å². The molecule has 0 aliphatic carbocycles. The van der Waals surface area contributed by atoms with Crippen molar-refractivity contribution in [2.45, 2.75) is 18.5 Å². The Hall–Kier alpha value is -2.34. The summed E-state index contributed by atoms with van der Waals surface area (Å²) in [5, 5.41) is 0. The van der Waals surface area contributed by atoms with E-state index < -0.39 is 11.7 Å². The van der Waals surface area contributed by atoms with Crippen molar-refractivity contribution in [2.24, 2.45) is 11.7 Å².